The molecule has 0 saturated heterocycles. The molecule has 0 radical (unpaired) electrons. The number of benzene rings is 3. The predicted molar refractivity (Wildman–Crippen MR) is 101 cm³/mol. The van der Waals surface area contributed by atoms with Crippen LogP contribution in [0.5, 0.6) is 0 Å². The Balaban J connectivity index is 1.87. The van der Waals surface area contributed by atoms with Gasteiger partial charge in [-0.25, -0.2) is 13.2 Å². The molecule has 3 aromatic carbocycles. The molecule has 0 unspecified atom stereocenters. The molecule has 7 heteroatoms. The number of para-hydroxylation sites is 1. The first kappa shape index (κ1) is 18.0. The number of carboxylic acid groups (broad SMARTS) is 1. The van der Waals surface area contributed by atoms with Crippen molar-refractivity contribution in [1.29, 1.82) is 0 Å². The number of nitrogens with one attached hydrogen (secondary N) is 1. The lowest BCUT2D eigenvalue weighted by Gasteiger charge is -2.12. The Hall–Kier alpha value is -2.77. The number of rotatable bonds is 6. The van der Waals surface area contributed by atoms with Gasteiger partial charge in [-0.2, -0.15) is 0 Å². The SMILES string of the molecule is O=C(O)c1ccc(S(=O)(=O)Nc2ccccc2Sc2ccccc2)cc1. The van der Waals surface area contributed by atoms with Gasteiger partial charge in [0.15, 0.2) is 0 Å². The first-order valence-corrected chi connectivity index (χ1v) is 9.94. The van der Waals surface area contributed by atoms with Gasteiger partial charge in [0.05, 0.1) is 16.1 Å². The summed E-state index contributed by atoms with van der Waals surface area (Å²) in [7, 11) is -3.83. The van der Waals surface area contributed by atoms with Gasteiger partial charge in [0, 0.05) is 9.79 Å². The van der Waals surface area contributed by atoms with Crippen LogP contribution in [-0.4, -0.2) is 19.5 Å². The molecular weight excluding hydrogens is 370 g/mol. The van der Waals surface area contributed by atoms with Crippen LogP contribution in [0.4, 0.5) is 5.69 Å². The zero-order valence-corrected chi connectivity index (χ0v) is 15.1. The fourth-order valence-electron chi connectivity index (χ4n) is 2.24. The Morgan fingerprint density at radius 1 is 0.846 bits per heavy atom. The predicted octanol–water partition coefficient (Wildman–Crippen LogP) is 4.34. The molecule has 2 N–H and O–H groups in total. The molecule has 0 aliphatic carbocycles. The number of sulfonamides is 1. The topological polar surface area (TPSA) is 83.5 Å². The summed E-state index contributed by atoms with van der Waals surface area (Å²) in [4.78, 5) is 12.7. The monoisotopic (exact) mass is 385 g/mol. The highest BCUT2D eigenvalue weighted by Crippen LogP contribution is 2.34. The van der Waals surface area contributed by atoms with E-state index in [0.29, 0.717) is 5.69 Å². The molecular formula is C19H15NO4S2. The van der Waals surface area contributed by atoms with Crippen molar-refractivity contribution < 1.29 is 18.3 Å². The lowest BCUT2D eigenvalue weighted by Crippen LogP contribution is -2.13. The molecule has 132 valence electrons. The summed E-state index contributed by atoms with van der Waals surface area (Å²) in [6, 6.07) is 21.8. The highest BCUT2D eigenvalue weighted by molar-refractivity contribution is 7.99. The van der Waals surface area contributed by atoms with Crippen molar-refractivity contribution in [3.8, 4) is 0 Å². The Morgan fingerprint density at radius 3 is 2.12 bits per heavy atom. The Labute approximate surface area is 155 Å². The minimum atomic E-state index is -3.83. The number of hydrogen-bond acceptors (Lipinski definition) is 4. The van der Waals surface area contributed by atoms with Gasteiger partial charge in [0.2, 0.25) is 0 Å². The van der Waals surface area contributed by atoms with E-state index < -0.39 is 16.0 Å². The molecule has 0 spiro atoms. The quantitative estimate of drug-likeness (QED) is 0.660. The number of carboxylic acids is 1. The molecule has 0 amide bonds. The average molecular weight is 385 g/mol. The smallest absolute Gasteiger partial charge is 0.335 e. The van der Waals surface area contributed by atoms with Gasteiger partial charge >= 0.3 is 5.97 Å². The van der Waals surface area contributed by atoms with Gasteiger partial charge in [0.1, 0.15) is 0 Å². The second-order valence-electron chi connectivity index (χ2n) is 5.35. The van der Waals surface area contributed by atoms with Gasteiger partial charge < -0.3 is 5.11 Å². The van der Waals surface area contributed by atoms with E-state index in [2.05, 4.69) is 4.72 Å². The third kappa shape index (κ3) is 4.25. The summed E-state index contributed by atoms with van der Waals surface area (Å²) in [5.74, 6) is -1.11. The van der Waals surface area contributed by atoms with Gasteiger partial charge in [-0.15, -0.1) is 0 Å². The van der Waals surface area contributed by atoms with Crippen molar-refractivity contribution in [3.05, 3.63) is 84.4 Å². The fraction of sp³-hybridized carbons (Fsp3) is 0. The molecule has 26 heavy (non-hydrogen) atoms. The summed E-state index contributed by atoms with van der Waals surface area (Å²) >= 11 is 1.45. The maximum atomic E-state index is 12.6. The van der Waals surface area contributed by atoms with E-state index in [4.69, 9.17) is 5.11 Å². The highest BCUT2D eigenvalue weighted by atomic mass is 32.2. The molecule has 0 heterocycles. The molecule has 0 fully saturated rings. The van der Waals surface area contributed by atoms with Gasteiger partial charge in [-0.1, -0.05) is 42.1 Å². The summed E-state index contributed by atoms with van der Waals surface area (Å²) < 4.78 is 27.8. The normalized spacial score (nSPS) is 11.1. The van der Waals surface area contributed by atoms with Crippen molar-refractivity contribution in [2.75, 3.05) is 4.72 Å². The lowest BCUT2D eigenvalue weighted by atomic mass is 10.2. The standard InChI is InChI=1S/C19H15NO4S2/c21-19(22)14-10-12-16(13-11-14)26(23,24)20-17-8-4-5-9-18(17)25-15-6-2-1-3-7-15/h1-13,20H,(H,21,22). The fourth-order valence-corrected chi connectivity index (χ4v) is 4.30. The van der Waals surface area contributed by atoms with Crippen LogP contribution in [0.3, 0.4) is 0 Å². The van der Waals surface area contributed by atoms with Crippen LogP contribution in [0, 0.1) is 0 Å². The molecule has 0 atom stereocenters. The van der Waals surface area contributed by atoms with E-state index in [-0.39, 0.29) is 10.5 Å². The maximum Gasteiger partial charge on any atom is 0.335 e. The van der Waals surface area contributed by atoms with Gasteiger partial charge in [-0.05, 0) is 48.5 Å². The van der Waals surface area contributed by atoms with E-state index in [1.807, 2.05) is 42.5 Å². The molecule has 0 aliphatic rings. The third-order valence-corrected chi connectivity index (χ3v) is 5.98. The van der Waals surface area contributed by atoms with Crippen LogP contribution in [-0.2, 0) is 10.0 Å². The Bertz CT molecular complexity index is 1020. The van der Waals surface area contributed by atoms with Crippen LogP contribution < -0.4 is 4.72 Å². The van der Waals surface area contributed by atoms with Crippen molar-refractivity contribution >= 4 is 33.4 Å². The summed E-state index contributed by atoms with van der Waals surface area (Å²) in [6.45, 7) is 0. The van der Waals surface area contributed by atoms with Crippen molar-refractivity contribution in [3.63, 3.8) is 0 Å². The van der Waals surface area contributed by atoms with E-state index in [1.165, 1.54) is 36.0 Å². The molecule has 3 rings (SSSR count). The van der Waals surface area contributed by atoms with Crippen molar-refractivity contribution in [2.45, 2.75) is 14.7 Å². The molecule has 3 aromatic rings. The number of anilines is 1. The number of aromatic carboxylic acids is 1. The van der Waals surface area contributed by atoms with Crippen LogP contribution in [0.2, 0.25) is 0 Å². The van der Waals surface area contributed by atoms with Gasteiger partial charge in [0.25, 0.3) is 10.0 Å². The van der Waals surface area contributed by atoms with Crippen LogP contribution in [0.1, 0.15) is 10.4 Å². The van der Waals surface area contributed by atoms with E-state index in [1.54, 1.807) is 12.1 Å². The summed E-state index contributed by atoms with van der Waals surface area (Å²) in [5.41, 5.74) is 0.493. The summed E-state index contributed by atoms with van der Waals surface area (Å²) in [6.07, 6.45) is 0. The second-order valence-corrected chi connectivity index (χ2v) is 8.14. The third-order valence-electron chi connectivity index (χ3n) is 3.51. The number of carbonyl (C=O) groups is 1. The molecule has 0 saturated carbocycles. The lowest BCUT2D eigenvalue weighted by molar-refractivity contribution is 0.0696. The van der Waals surface area contributed by atoms with Crippen LogP contribution in [0.15, 0.2) is 93.5 Å². The highest BCUT2D eigenvalue weighted by Gasteiger charge is 2.17. The number of hydrogen-bond donors (Lipinski definition) is 2. The maximum absolute atomic E-state index is 12.6. The zero-order chi connectivity index (χ0) is 18.6. The molecule has 5 nitrogen and oxygen atoms in total. The van der Waals surface area contributed by atoms with Crippen LogP contribution >= 0.6 is 11.8 Å². The summed E-state index contributed by atoms with van der Waals surface area (Å²) in [5, 5.41) is 8.92. The largest absolute Gasteiger partial charge is 0.478 e. The zero-order valence-electron chi connectivity index (χ0n) is 13.5. The Morgan fingerprint density at radius 2 is 1.46 bits per heavy atom. The van der Waals surface area contributed by atoms with Crippen LogP contribution in [0.25, 0.3) is 0 Å². The second kappa shape index (κ2) is 7.63. The van der Waals surface area contributed by atoms with Gasteiger partial charge in [-0.3, -0.25) is 4.72 Å². The van der Waals surface area contributed by atoms with E-state index >= 15 is 0 Å². The Kier molecular flexibility index (Phi) is 5.29. The minimum Gasteiger partial charge on any atom is -0.478 e. The molecule has 0 aromatic heterocycles. The molecule has 0 bridgehead atoms. The first-order valence-electron chi connectivity index (χ1n) is 7.64. The van der Waals surface area contributed by atoms with E-state index in [0.717, 1.165) is 9.79 Å². The average Bonchev–Trinajstić information content (AvgIpc) is 2.64. The minimum absolute atomic E-state index is 0.00186. The first-order chi connectivity index (χ1) is 12.5. The van der Waals surface area contributed by atoms with E-state index in [9.17, 15) is 13.2 Å². The van der Waals surface area contributed by atoms with Crippen molar-refractivity contribution in [2.24, 2.45) is 0 Å². The molecule has 0 aliphatic heterocycles. The van der Waals surface area contributed by atoms with Crippen molar-refractivity contribution in [1.82, 2.24) is 0 Å².